The van der Waals surface area contributed by atoms with E-state index in [1.165, 1.54) is 22.5 Å². The van der Waals surface area contributed by atoms with Gasteiger partial charge in [-0.15, -0.1) is 0 Å². The second-order valence-electron chi connectivity index (χ2n) is 6.85. The fourth-order valence-electron chi connectivity index (χ4n) is 3.08. The number of hydrogen-bond acceptors (Lipinski definition) is 6. The first-order valence-corrected chi connectivity index (χ1v) is 12.6. The molecule has 0 aromatic heterocycles. The van der Waals surface area contributed by atoms with E-state index in [4.69, 9.17) is 9.47 Å². The lowest BCUT2D eigenvalue weighted by molar-refractivity contribution is 0.0730. The van der Waals surface area contributed by atoms with Gasteiger partial charge in [-0.1, -0.05) is 12.1 Å². The topological polar surface area (TPSA) is 102 Å². The summed E-state index contributed by atoms with van der Waals surface area (Å²) < 4.78 is 65.1. The standard InChI is InChI=1S/C20H26N2O6S2/c1-3-28-20-9-8-19(14-16(20)2)29(23,24)21-15-17-4-6-18(7-5-17)30(25,26)22-10-12-27-13-11-22/h4-9,14,21H,3,10-13,15H2,1-2H3. The van der Waals surface area contributed by atoms with Gasteiger partial charge in [0.25, 0.3) is 0 Å². The molecule has 0 bridgehead atoms. The molecule has 0 spiro atoms. The molecule has 1 fully saturated rings. The van der Waals surface area contributed by atoms with Crippen LogP contribution in [0, 0.1) is 6.92 Å². The van der Waals surface area contributed by atoms with Gasteiger partial charge in [-0.2, -0.15) is 4.31 Å². The molecule has 1 heterocycles. The third-order valence-corrected chi connectivity index (χ3v) is 8.07. The van der Waals surface area contributed by atoms with Crippen LogP contribution in [0.5, 0.6) is 5.75 Å². The Hall–Kier alpha value is -1.98. The highest BCUT2D eigenvalue weighted by Gasteiger charge is 2.26. The molecule has 1 saturated heterocycles. The molecule has 0 aliphatic carbocycles. The SMILES string of the molecule is CCOc1ccc(S(=O)(=O)NCc2ccc(S(=O)(=O)N3CCOCC3)cc2)cc1C. The molecular formula is C20H26N2O6S2. The van der Waals surface area contributed by atoms with Crippen LogP contribution >= 0.6 is 0 Å². The summed E-state index contributed by atoms with van der Waals surface area (Å²) in [4.78, 5) is 0.327. The molecule has 8 nitrogen and oxygen atoms in total. The second-order valence-corrected chi connectivity index (χ2v) is 10.6. The lowest BCUT2D eigenvalue weighted by Gasteiger charge is -2.26. The van der Waals surface area contributed by atoms with Gasteiger partial charge in [0.15, 0.2) is 0 Å². The zero-order valence-electron chi connectivity index (χ0n) is 17.0. The molecule has 0 radical (unpaired) electrons. The van der Waals surface area contributed by atoms with Crippen molar-refractivity contribution in [1.29, 1.82) is 0 Å². The van der Waals surface area contributed by atoms with Crippen LogP contribution in [0.4, 0.5) is 0 Å². The van der Waals surface area contributed by atoms with Gasteiger partial charge in [-0.25, -0.2) is 21.6 Å². The van der Waals surface area contributed by atoms with Crippen LogP contribution < -0.4 is 9.46 Å². The number of hydrogen-bond donors (Lipinski definition) is 1. The van der Waals surface area contributed by atoms with E-state index in [0.717, 1.165) is 5.56 Å². The van der Waals surface area contributed by atoms with E-state index in [0.29, 0.717) is 44.2 Å². The summed E-state index contributed by atoms with van der Waals surface area (Å²) in [5.41, 5.74) is 1.39. The number of aryl methyl sites for hydroxylation is 1. The molecule has 1 N–H and O–H groups in total. The number of rotatable bonds is 8. The quantitative estimate of drug-likeness (QED) is 0.654. The highest BCUT2D eigenvalue weighted by atomic mass is 32.2. The maximum absolute atomic E-state index is 12.7. The molecule has 2 aromatic rings. The van der Waals surface area contributed by atoms with Gasteiger partial charge in [-0.05, 0) is 55.3 Å². The van der Waals surface area contributed by atoms with Crippen LogP contribution in [0.3, 0.4) is 0 Å². The van der Waals surface area contributed by atoms with Crippen LogP contribution in [-0.4, -0.2) is 54.1 Å². The predicted octanol–water partition coefficient (Wildman–Crippen LogP) is 1.89. The first-order valence-electron chi connectivity index (χ1n) is 9.64. The molecule has 0 unspecified atom stereocenters. The summed E-state index contributed by atoms with van der Waals surface area (Å²) in [5, 5.41) is 0. The van der Waals surface area contributed by atoms with Crippen molar-refractivity contribution in [2.45, 2.75) is 30.2 Å². The molecular weight excluding hydrogens is 428 g/mol. The lowest BCUT2D eigenvalue weighted by Crippen LogP contribution is -2.40. The van der Waals surface area contributed by atoms with Crippen molar-refractivity contribution in [3.63, 3.8) is 0 Å². The minimum Gasteiger partial charge on any atom is -0.494 e. The van der Waals surface area contributed by atoms with Gasteiger partial charge in [0, 0.05) is 19.6 Å². The van der Waals surface area contributed by atoms with Crippen LogP contribution in [0.2, 0.25) is 0 Å². The largest absolute Gasteiger partial charge is 0.494 e. The smallest absolute Gasteiger partial charge is 0.243 e. The molecule has 3 rings (SSSR count). The van der Waals surface area contributed by atoms with Gasteiger partial charge in [0.2, 0.25) is 20.0 Å². The number of ether oxygens (including phenoxy) is 2. The Morgan fingerprint density at radius 2 is 1.63 bits per heavy atom. The van der Waals surface area contributed by atoms with Crippen molar-refractivity contribution in [1.82, 2.24) is 9.03 Å². The van der Waals surface area contributed by atoms with Crippen LogP contribution in [0.1, 0.15) is 18.1 Å². The fourth-order valence-corrected chi connectivity index (χ4v) is 5.59. The highest BCUT2D eigenvalue weighted by Crippen LogP contribution is 2.22. The van der Waals surface area contributed by atoms with E-state index in [9.17, 15) is 16.8 Å². The summed E-state index contributed by atoms with van der Waals surface area (Å²) in [5.74, 6) is 0.647. The van der Waals surface area contributed by atoms with Gasteiger partial charge < -0.3 is 9.47 Å². The second kappa shape index (κ2) is 9.44. The van der Waals surface area contributed by atoms with Crippen LogP contribution in [0.15, 0.2) is 52.3 Å². The van der Waals surface area contributed by atoms with Crippen molar-refractivity contribution in [2.24, 2.45) is 0 Å². The molecule has 0 atom stereocenters. The summed E-state index contributed by atoms with van der Waals surface area (Å²) in [6.45, 7) is 5.61. The summed E-state index contributed by atoms with van der Waals surface area (Å²) in [7, 11) is -7.29. The normalized spacial score (nSPS) is 15.8. The molecule has 1 aliphatic rings. The van der Waals surface area contributed by atoms with Crippen molar-refractivity contribution < 1.29 is 26.3 Å². The first-order chi connectivity index (χ1) is 14.2. The maximum Gasteiger partial charge on any atom is 0.243 e. The Balaban J connectivity index is 1.68. The van der Waals surface area contributed by atoms with Crippen LogP contribution in [0.25, 0.3) is 0 Å². The number of nitrogens with zero attached hydrogens (tertiary/aromatic N) is 1. The third-order valence-electron chi connectivity index (χ3n) is 4.75. The minimum atomic E-state index is -3.71. The number of benzene rings is 2. The highest BCUT2D eigenvalue weighted by molar-refractivity contribution is 7.89. The molecule has 0 amide bonds. The molecule has 10 heteroatoms. The summed E-state index contributed by atoms with van der Waals surface area (Å²) in [6.07, 6.45) is 0. The van der Waals surface area contributed by atoms with Gasteiger partial charge in [-0.3, -0.25) is 0 Å². The zero-order valence-corrected chi connectivity index (χ0v) is 18.6. The Morgan fingerprint density at radius 1 is 1.00 bits per heavy atom. The Labute approximate surface area is 177 Å². The van der Waals surface area contributed by atoms with E-state index in [1.54, 1.807) is 31.2 Å². The van der Waals surface area contributed by atoms with E-state index in [2.05, 4.69) is 4.72 Å². The Morgan fingerprint density at radius 3 is 2.23 bits per heavy atom. The number of morpholine rings is 1. The van der Waals surface area contributed by atoms with Gasteiger partial charge in [0.05, 0.1) is 29.6 Å². The predicted molar refractivity (Wildman–Crippen MR) is 112 cm³/mol. The average Bonchev–Trinajstić information content (AvgIpc) is 2.75. The summed E-state index contributed by atoms with van der Waals surface area (Å²) in [6, 6.07) is 10.9. The van der Waals surface area contributed by atoms with Crippen molar-refractivity contribution in [3.8, 4) is 5.75 Å². The van der Waals surface area contributed by atoms with Crippen LogP contribution in [-0.2, 0) is 31.3 Å². The fraction of sp³-hybridized carbons (Fsp3) is 0.400. The van der Waals surface area contributed by atoms with Crippen molar-refractivity contribution in [2.75, 3.05) is 32.9 Å². The molecule has 30 heavy (non-hydrogen) atoms. The number of sulfonamides is 2. The van der Waals surface area contributed by atoms with E-state index in [-0.39, 0.29) is 16.3 Å². The van der Waals surface area contributed by atoms with Crippen molar-refractivity contribution in [3.05, 3.63) is 53.6 Å². The number of nitrogens with one attached hydrogen (secondary N) is 1. The average molecular weight is 455 g/mol. The Kier molecular flexibility index (Phi) is 7.14. The third kappa shape index (κ3) is 5.19. The molecule has 2 aromatic carbocycles. The Bertz CT molecular complexity index is 1080. The molecule has 164 valence electrons. The van der Waals surface area contributed by atoms with E-state index < -0.39 is 20.0 Å². The van der Waals surface area contributed by atoms with E-state index >= 15 is 0 Å². The van der Waals surface area contributed by atoms with E-state index in [1.807, 2.05) is 6.92 Å². The lowest BCUT2D eigenvalue weighted by atomic mass is 10.2. The first kappa shape index (κ1) is 22.7. The van der Waals surface area contributed by atoms with Gasteiger partial charge >= 0.3 is 0 Å². The summed E-state index contributed by atoms with van der Waals surface area (Å²) >= 11 is 0. The molecule has 0 saturated carbocycles. The minimum absolute atomic E-state index is 0.0481. The van der Waals surface area contributed by atoms with Gasteiger partial charge in [0.1, 0.15) is 5.75 Å². The maximum atomic E-state index is 12.7. The monoisotopic (exact) mass is 454 g/mol. The van der Waals surface area contributed by atoms with Crippen molar-refractivity contribution >= 4 is 20.0 Å². The molecule has 1 aliphatic heterocycles. The zero-order chi connectivity index (χ0) is 21.8.